The average Bonchev–Trinajstić information content (AvgIpc) is 2.68. The maximum absolute atomic E-state index is 6.11. The van der Waals surface area contributed by atoms with E-state index in [1.54, 1.807) is 7.11 Å². The molecule has 0 aliphatic carbocycles. The minimum absolute atomic E-state index is 0.135. The molecule has 0 aliphatic heterocycles. The highest BCUT2D eigenvalue weighted by Gasteiger charge is 2.17. The van der Waals surface area contributed by atoms with Crippen LogP contribution in [0, 0.1) is 0 Å². The van der Waals surface area contributed by atoms with Gasteiger partial charge < -0.3 is 14.2 Å². The number of halogens is 1. The molecule has 0 amide bonds. The number of methoxy groups -OCH3 is 1. The van der Waals surface area contributed by atoms with Gasteiger partial charge in [0.05, 0.1) is 18.8 Å². The number of hydrogen-bond acceptors (Lipinski definition) is 3. The Labute approximate surface area is 164 Å². The van der Waals surface area contributed by atoms with Crippen LogP contribution < -0.4 is 0 Å². The lowest BCUT2D eigenvalue weighted by Gasteiger charge is -2.23. The first-order chi connectivity index (χ1) is 12.3. The van der Waals surface area contributed by atoms with Crippen LogP contribution >= 0.6 is 22.6 Å². The summed E-state index contributed by atoms with van der Waals surface area (Å²) in [5.74, 6) is 0. The van der Waals surface area contributed by atoms with Crippen molar-refractivity contribution in [1.29, 1.82) is 0 Å². The van der Waals surface area contributed by atoms with Crippen molar-refractivity contribution in [2.45, 2.75) is 38.1 Å². The highest BCUT2D eigenvalue weighted by atomic mass is 127. The second kappa shape index (κ2) is 12.4. The van der Waals surface area contributed by atoms with Crippen molar-refractivity contribution in [1.82, 2.24) is 0 Å². The van der Waals surface area contributed by atoms with Gasteiger partial charge in [0.1, 0.15) is 6.79 Å². The van der Waals surface area contributed by atoms with Crippen LogP contribution in [-0.2, 0) is 27.2 Å². The van der Waals surface area contributed by atoms with Crippen LogP contribution in [-0.4, -0.2) is 30.5 Å². The summed E-state index contributed by atoms with van der Waals surface area (Å²) in [6.07, 6.45) is 3.16. The van der Waals surface area contributed by atoms with E-state index in [1.165, 1.54) is 11.1 Å². The smallest absolute Gasteiger partial charge is 0.146 e. The van der Waals surface area contributed by atoms with Crippen LogP contribution in [0.1, 0.15) is 24.0 Å². The van der Waals surface area contributed by atoms with Gasteiger partial charge in [0, 0.05) is 18.0 Å². The van der Waals surface area contributed by atoms with Gasteiger partial charge in [0.2, 0.25) is 0 Å². The number of alkyl halides is 1. The molecule has 0 N–H and O–H groups in total. The Kier molecular flexibility index (Phi) is 10.1. The topological polar surface area (TPSA) is 27.7 Å². The molecule has 3 nitrogen and oxygen atoms in total. The van der Waals surface area contributed by atoms with Crippen molar-refractivity contribution in [3.63, 3.8) is 0 Å². The lowest BCUT2D eigenvalue weighted by molar-refractivity contribution is -0.0914. The maximum atomic E-state index is 6.11. The Morgan fingerprint density at radius 2 is 1.48 bits per heavy atom. The van der Waals surface area contributed by atoms with E-state index in [4.69, 9.17) is 14.2 Å². The zero-order chi connectivity index (χ0) is 17.7. The molecule has 0 aromatic heterocycles. The van der Waals surface area contributed by atoms with Gasteiger partial charge >= 0.3 is 0 Å². The second-order valence-electron chi connectivity index (χ2n) is 6.03. The summed E-state index contributed by atoms with van der Waals surface area (Å²) in [5.41, 5.74) is 2.54. The van der Waals surface area contributed by atoms with Crippen molar-refractivity contribution in [2.75, 3.05) is 18.3 Å². The monoisotopic (exact) mass is 454 g/mol. The summed E-state index contributed by atoms with van der Waals surface area (Å²) >= 11 is 2.39. The van der Waals surface area contributed by atoms with Crippen LogP contribution in [0.3, 0.4) is 0 Å². The van der Waals surface area contributed by atoms with E-state index in [-0.39, 0.29) is 12.2 Å². The fraction of sp³-hybridized carbons (Fsp3) is 0.429. The lowest BCUT2D eigenvalue weighted by atomic mass is 10.0. The van der Waals surface area contributed by atoms with Crippen molar-refractivity contribution in [3.05, 3.63) is 71.8 Å². The number of ether oxygens (including phenoxy) is 3. The SMILES string of the molecule is COCO[C@H](CCc1ccccc1)C[C@H](CI)OCc1ccccc1. The van der Waals surface area contributed by atoms with E-state index in [9.17, 15) is 0 Å². The quantitative estimate of drug-likeness (QED) is 0.256. The molecule has 0 fully saturated rings. The van der Waals surface area contributed by atoms with E-state index >= 15 is 0 Å². The highest BCUT2D eigenvalue weighted by molar-refractivity contribution is 14.1. The van der Waals surface area contributed by atoms with Gasteiger partial charge in [0.25, 0.3) is 0 Å². The van der Waals surface area contributed by atoms with Crippen molar-refractivity contribution in [3.8, 4) is 0 Å². The Bertz CT molecular complexity index is 562. The molecule has 0 aliphatic rings. The molecular formula is C21H27IO3. The summed E-state index contributed by atoms with van der Waals surface area (Å²) in [7, 11) is 1.66. The molecule has 0 unspecified atom stereocenters. The standard InChI is InChI=1S/C21H27IO3/c1-23-17-25-20(13-12-18-8-4-2-5-9-18)14-21(15-22)24-16-19-10-6-3-7-11-19/h2-11,20-21H,12-17H2,1H3/t20-,21-/m1/s1. The van der Waals surface area contributed by atoms with Crippen LogP contribution in [0.15, 0.2) is 60.7 Å². The molecule has 2 aromatic carbocycles. The Morgan fingerprint density at radius 1 is 0.840 bits per heavy atom. The highest BCUT2D eigenvalue weighted by Crippen LogP contribution is 2.17. The van der Waals surface area contributed by atoms with E-state index < -0.39 is 0 Å². The normalized spacial score (nSPS) is 13.5. The minimum atomic E-state index is 0.135. The van der Waals surface area contributed by atoms with Crippen LogP contribution in [0.2, 0.25) is 0 Å². The van der Waals surface area contributed by atoms with E-state index in [0.717, 1.165) is 23.7 Å². The first kappa shape index (κ1) is 20.4. The number of aryl methyl sites for hydroxylation is 1. The van der Waals surface area contributed by atoms with Gasteiger partial charge in [-0.15, -0.1) is 0 Å². The summed E-state index contributed by atoms with van der Waals surface area (Å²) in [6.45, 7) is 0.969. The molecule has 25 heavy (non-hydrogen) atoms. The average molecular weight is 454 g/mol. The second-order valence-corrected chi connectivity index (χ2v) is 6.91. The van der Waals surface area contributed by atoms with Gasteiger partial charge in [-0.3, -0.25) is 0 Å². The Hall–Kier alpha value is -0.950. The molecule has 0 radical (unpaired) electrons. The van der Waals surface area contributed by atoms with Gasteiger partial charge in [-0.25, -0.2) is 0 Å². The summed E-state index contributed by atoms with van der Waals surface area (Å²) in [5, 5.41) is 0. The summed E-state index contributed by atoms with van der Waals surface area (Å²) in [6, 6.07) is 20.8. The molecule has 0 spiro atoms. The molecule has 0 saturated heterocycles. The molecular weight excluding hydrogens is 427 g/mol. The van der Waals surface area contributed by atoms with E-state index in [0.29, 0.717) is 13.4 Å². The molecule has 4 heteroatoms. The molecule has 0 saturated carbocycles. The predicted molar refractivity (Wildman–Crippen MR) is 110 cm³/mol. The molecule has 136 valence electrons. The fourth-order valence-corrected chi connectivity index (χ4v) is 3.28. The van der Waals surface area contributed by atoms with Crippen LogP contribution in [0.25, 0.3) is 0 Å². The zero-order valence-corrected chi connectivity index (χ0v) is 16.9. The van der Waals surface area contributed by atoms with Crippen LogP contribution in [0.5, 0.6) is 0 Å². The van der Waals surface area contributed by atoms with Crippen molar-refractivity contribution < 1.29 is 14.2 Å². The first-order valence-corrected chi connectivity index (χ1v) is 10.2. The van der Waals surface area contributed by atoms with Crippen LogP contribution in [0.4, 0.5) is 0 Å². The first-order valence-electron chi connectivity index (χ1n) is 8.67. The summed E-state index contributed by atoms with van der Waals surface area (Å²) in [4.78, 5) is 0. The van der Waals surface area contributed by atoms with Gasteiger partial charge in [-0.05, 0) is 24.0 Å². The van der Waals surface area contributed by atoms with Crippen molar-refractivity contribution in [2.24, 2.45) is 0 Å². The van der Waals surface area contributed by atoms with Gasteiger partial charge in [-0.2, -0.15) is 0 Å². The summed E-state index contributed by atoms with van der Waals surface area (Å²) < 4.78 is 18.1. The zero-order valence-electron chi connectivity index (χ0n) is 14.8. The number of rotatable bonds is 12. The Morgan fingerprint density at radius 3 is 2.08 bits per heavy atom. The molecule has 2 atom stereocenters. The van der Waals surface area contributed by atoms with Crippen molar-refractivity contribution >= 4 is 22.6 Å². The largest absolute Gasteiger partial charge is 0.373 e. The molecule has 0 bridgehead atoms. The number of hydrogen-bond donors (Lipinski definition) is 0. The maximum Gasteiger partial charge on any atom is 0.146 e. The number of benzene rings is 2. The fourth-order valence-electron chi connectivity index (χ4n) is 2.66. The molecule has 2 rings (SSSR count). The third-order valence-corrected chi connectivity index (χ3v) is 5.03. The minimum Gasteiger partial charge on any atom is -0.373 e. The molecule has 2 aromatic rings. The van der Waals surface area contributed by atoms with Gasteiger partial charge in [-0.1, -0.05) is 83.3 Å². The van der Waals surface area contributed by atoms with E-state index in [2.05, 4.69) is 59.0 Å². The lowest BCUT2D eigenvalue weighted by Crippen LogP contribution is -2.25. The third kappa shape index (κ3) is 8.31. The van der Waals surface area contributed by atoms with Gasteiger partial charge in [0.15, 0.2) is 0 Å². The molecule has 0 heterocycles. The third-order valence-electron chi connectivity index (χ3n) is 4.05. The Balaban J connectivity index is 1.84. The van der Waals surface area contributed by atoms with E-state index in [1.807, 2.05) is 24.3 Å². The predicted octanol–water partition coefficient (Wildman–Crippen LogP) is 5.02.